The SMILES string of the molecule is C[C@H](Sc1ncn(-c2ccccc2)n1)C(=O)N(C)C. The highest BCUT2D eigenvalue weighted by molar-refractivity contribution is 8.00. The van der Waals surface area contributed by atoms with E-state index in [0.717, 1.165) is 5.69 Å². The highest BCUT2D eigenvalue weighted by Crippen LogP contribution is 2.20. The molecule has 1 atom stereocenters. The van der Waals surface area contributed by atoms with Crippen molar-refractivity contribution < 1.29 is 4.79 Å². The molecule has 0 aliphatic rings. The third-order valence-electron chi connectivity index (χ3n) is 2.56. The maximum atomic E-state index is 11.8. The predicted octanol–water partition coefficient (Wildman–Crippen LogP) is 1.84. The number of para-hydroxylation sites is 1. The van der Waals surface area contributed by atoms with Gasteiger partial charge >= 0.3 is 0 Å². The number of carbonyl (C=O) groups excluding carboxylic acids is 1. The molecule has 0 radical (unpaired) electrons. The summed E-state index contributed by atoms with van der Waals surface area (Å²) in [5.41, 5.74) is 0.952. The number of benzene rings is 1. The van der Waals surface area contributed by atoms with Gasteiger partial charge < -0.3 is 4.90 Å². The molecular formula is C13H16N4OS. The zero-order chi connectivity index (χ0) is 13.8. The van der Waals surface area contributed by atoms with E-state index in [9.17, 15) is 4.79 Å². The van der Waals surface area contributed by atoms with Gasteiger partial charge in [-0.15, -0.1) is 5.10 Å². The Balaban J connectivity index is 2.08. The molecule has 2 aromatic rings. The van der Waals surface area contributed by atoms with Gasteiger partial charge in [0.1, 0.15) is 6.33 Å². The first-order chi connectivity index (χ1) is 9.08. The van der Waals surface area contributed by atoms with Gasteiger partial charge in [0.25, 0.3) is 0 Å². The number of nitrogens with zero attached hydrogens (tertiary/aromatic N) is 4. The van der Waals surface area contributed by atoms with Crippen molar-refractivity contribution in [2.75, 3.05) is 14.1 Å². The fraction of sp³-hybridized carbons (Fsp3) is 0.308. The Hall–Kier alpha value is -1.82. The molecule has 0 bridgehead atoms. The minimum Gasteiger partial charge on any atom is -0.348 e. The molecule has 0 N–H and O–H groups in total. The Bertz CT molecular complexity index is 553. The van der Waals surface area contributed by atoms with E-state index in [-0.39, 0.29) is 11.2 Å². The van der Waals surface area contributed by atoms with E-state index in [1.54, 1.807) is 30.0 Å². The fourth-order valence-electron chi connectivity index (χ4n) is 1.58. The van der Waals surface area contributed by atoms with Crippen LogP contribution in [0.5, 0.6) is 0 Å². The first kappa shape index (κ1) is 13.6. The van der Waals surface area contributed by atoms with Crippen LogP contribution in [0.25, 0.3) is 5.69 Å². The van der Waals surface area contributed by atoms with Gasteiger partial charge in [0.15, 0.2) is 0 Å². The third kappa shape index (κ3) is 3.35. The van der Waals surface area contributed by atoms with Crippen LogP contribution in [0.15, 0.2) is 41.8 Å². The van der Waals surface area contributed by atoms with Crippen molar-refractivity contribution in [1.82, 2.24) is 19.7 Å². The molecule has 1 aromatic heterocycles. The average molecular weight is 276 g/mol. The molecule has 0 fully saturated rings. The van der Waals surface area contributed by atoms with Gasteiger partial charge in [0.2, 0.25) is 11.1 Å². The summed E-state index contributed by atoms with van der Waals surface area (Å²) in [5.74, 6) is 0.0565. The molecule has 1 amide bonds. The number of aromatic nitrogens is 3. The molecule has 19 heavy (non-hydrogen) atoms. The van der Waals surface area contributed by atoms with Crippen molar-refractivity contribution in [3.8, 4) is 5.69 Å². The minimum atomic E-state index is -0.193. The molecule has 0 saturated carbocycles. The van der Waals surface area contributed by atoms with E-state index >= 15 is 0 Å². The van der Waals surface area contributed by atoms with Crippen LogP contribution < -0.4 is 0 Å². The maximum Gasteiger partial charge on any atom is 0.235 e. The highest BCUT2D eigenvalue weighted by atomic mass is 32.2. The van der Waals surface area contributed by atoms with Crippen LogP contribution in [0.4, 0.5) is 0 Å². The molecule has 0 spiro atoms. The van der Waals surface area contributed by atoms with E-state index in [2.05, 4.69) is 10.1 Å². The lowest BCUT2D eigenvalue weighted by Crippen LogP contribution is -2.29. The zero-order valence-electron chi connectivity index (χ0n) is 11.1. The Morgan fingerprint density at radius 3 is 2.63 bits per heavy atom. The summed E-state index contributed by atoms with van der Waals surface area (Å²) in [4.78, 5) is 17.6. The third-order valence-corrected chi connectivity index (χ3v) is 3.52. The van der Waals surface area contributed by atoms with E-state index in [1.165, 1.54) is 11.8 Å². The number of thioether (sulfide) groups is 1. The molecule has 2 rings (SSSR count). The zero-order valence-corrected chi connectivity index (χ0v) is 12.0. The van der Waals surface area contributed by atoms with E-state index < -0.39 is 0 Å². The molecule has 0 aliphatic carbocycles. The van der Waals surface area contributed by atoms with Gasteiger partial charge in [0, 0.05) is 14.1 Å². The molecule has 0 aliphatic heterocycles. The average Bonchev–Trinajstić information content (AvgIpc) is 2.87. The van der Waals surface area contributed by atoms with Crippen molar-refractivity contribution in [1.29, 1.82) is 0 Å². The van der Waals surface area contributed by atoms with Gasteiger partial charge in [0.05, 0.1) is 10.9 Å². The standard InChI is InChI=1S/C13H16N4OS/c1-10(12(18)16(2)3)19-13-14-9-17(15-13)11-7-5-4-6-8-11/h4-10H,1-3H3/t10-/m0/s1. The highest BCUT2D eigenvalue weighted by Gasteiger charge is 2.18. The van der Waals surface area contributed by atoms with Crippen molar-refractivity contribution in [2.24, 2.45) is 0 Å². The molecule has 5 nitrogen and oxygen atoms in total. The van der Waals surface area contributed by atoms with E-state index in [4.69, 9.17) is 0 Å². The molecule has 1 aromatic carbocycles. The Morgan fingerprint density at radius 2 is 2.00 bits per heavy atom. The first-order valence-corrected chi connectivity index (χ1v) is 6.81. The van der Waals surface area contributed by atoms with Crippen molar-refractivity contribution >= 4 is 17.7 Å². The summed E-state index contributed by atoms with van der Waals surface area (Å²) in [6.07, 6.45) is 1.66. The summed E-state index contributed by atoms with van der Waals surface area (Å²) in [7, 11) is 3.49. The second-order valence-corrected chi connectivity index (χ2v) is 5.61. The van der Waals surface area contributed by atoms with Gasteiger partial charge in [-0.2, -0.15) is 0 Å². The van der Waals surface area contributed by atoms with Crippen molar-refractivity contribution in [2.45, 2.75) is 17.3 Å². The summed E-state index contributed by atoms with van der Waals surface area (Å²) in [6.45, 7) is 1.86. The van der Waals surface area contributed by atoms with Crippen LogP contribution in [0.2, 0.25) is 0 Å². The molecule has 100 valence electrons. The van der Waals surface area contributed by atoms with Crippen LogP contribution >= 0.6 is 11.8 Å². The van der Waals surface area contributed by atoms with Crippen molar-refractivity contribution in [3.63, 3.8) is 0 Å². The number of rotatable bonds is 4. The quantitative estimate of drug-likeness (QED) is 0.800. The fourth-order valence-corrected chi connectivity index (χ4v) is 2.45. The molecule has 0 saturated heterocycles. The van der Waals surface area contributed by atoms with Crippen molar-refractivity contribution in [3.05, 3.63) is 36.7 Å². The first-order valence-electron chi connectivity index (χ1n) is 5.93. The largest absolute Gasteiger partial charge is 0.348 e. The Labute approximate surface area is 116 Å². The normalized spacial score (nSPS) is 12.2. The number of hydrogen-bond acceptors (Lipinski definition) is 4. The van der Waals surface area contributed by atoms with Crippen LogP contribution in [-0.4, -0.2) is 44.9 Å². The lowest BCUT2D eigenvalue weighted by molar-refractivity contribution is -0.127. The number of carbonyl (C=O) groups is 1. The maximum absolute atomic E-state index is 11.8. The summed E-state index contributed by atoms with van der Waals surface area (Å²) >= 11 is 1.36. The van der Waals surface area contributed by atoms with Gasteiger partial charge in [-0.05, 0) is 19.1 Å². The summed E-state index contributed by atoms with van der Waals surface area (Å²) in [5, 5.41) is 4.77. The molecule has 0 unspecified atom stereocenters. The molecule has 1 heterocycles. The van der Waals surface area contributed by atoms with Crippen LogP contribution in [-0.2, 0) is 4.79 Å². The topological polar surface area (TPSA) is 51.0 Å². The summed E-state index contributed by atoms with van der Waals surface area (Å²) < 4.78 is 1.70. The lowest BCUT2D eigenvalue weighted by atomic mass is 10.3. The lowest BCUT2D eigenvalue weighted by Gasteiger charge is -2.14. The van der Waals surface area contributed by atoms with E-state index in [0.29, 0.717) is 5.16 Å². The van der Waals surface area contributed by atoms with Crippen LogP contribution in [0.3, 0.4) is 0 Å². The van der Waals surface area contributed by atoms with E-state index in [1.807, 2.05) is 37.3 Å². The van der Waals surface area contributed by atoms with Gasteiger partial charge in [-0.1, -0.05) is 30.0 Å². The minimum absolute atomic E-state index is 0.0565. The predicted molar refractivity (Wildman–Crippen MR) is 75.4 cm³/mol. The summed E-state index contributed by atoms with van der Waals surface area (Å²) in [6, 6.07) is 9.76. The van der Waals surface area contributed by atoms with Crippen LogP contribution in [0, 0.1) is 0 Å². The van der Waals surface area contributed by atoms with Gasteiger partial charge in [-0.25, -0.2) is 9.67 Å². The van der Waals surface area contributed by atoms with Gasteiger partial charge in [-0.3, -0.25) is 4.79 Å². The molecular weight excluding hydrogens is 260 g/mol. The van der Waals surface area contributed by atoms with Crippen LogP contribution in [0.1, 0.15) is 6.92 Å². The second kappa shape index (κ2) is 5.88. The smallest absolute Gasteiger partial charge is 0.235 e. The Kier molecular flexibility index (Phi) is 4.21. The number of hydrogen-bond donors (Lipinski definition) is 0. The molecule has 6 heteroatoms. The number of amides is 1. The second-order valence-electron chi connectivity index (χ2n) is 4.30. The monoisotopic (exact) mass is 276 g/mol. The Morgan fingerprint density at radius 1 is 1.32 bits per heavy atom.